The number of benzene rings is 2. The molecule has 2 unspecified atom stereocenters. The second-order valence-electron chi connectivity index (χ2n) is 6.13. The van der Waals surface area contributed by atoms with Gasteiger partial charge >= 0.3 is 0 Å². The number of aryl methyl sites for hydroxylation is 1. The van der Waals surface area contributed by atoms with Crippen molar-refractivity contribution in [2.24, 2.45) is 5.92 Å². The van der Waals surface area contributed by atoms with Crippen LogP contribution in [-0.2, 0) is 6.42 Å². The zero-order valence-electron chi connectivity index (χ0n) is 12.5. The third-order valence-corrected chi connectivity index (χ3v) is 4.57. The van der Waals surface area contributed by atoms with Crippen molar-refractivity contribution in [3.63, 3.8) is 0 Å². The first-order chi connectivity index (χ1) is 10.5. The minimum atomic E-state index is -0.151. The molecule has 0 amide bonds. The van der Waals surface area contributed by atoms with Gasteiger partial charge in [0, 0.05) is 12.5 Å². The van der Waals surface area contributed by atoms with E-state index in [4.69, 9.17) is 0 Å². The Morgan fingerprint density at radius 3 is 2.45 bits per heavy atom. The second-order valence-corrected chi connectivity index (χ2v) is 6.13. The van der Waals surface area contributed by atoms with Crippen molar-refractivity contribution in [1.82, 2.24) is 0 Å². The Balaban J connectivity index is 2.11. The molecule has 0 saturated carbocycles. The standard InChI is InChI=1S/C18H20O4/c1-10-4-13-5-11(9-19)6-14(15(13)8-17(10)21)12-2-3-16(20)18(22)7-12/h2-4,7-8,11,14,19-22H,5-6,9H2,1H3. The van der Waals surface area contributed by atoms with Crippen molar-refractivity contribution in [2.45, 2.75) is 25.7 Å². The maximum atomic E-state index is 10.0. The largest absolute Gasteiger partial charge is 0.508 e. The van der Waals surface area contributed by atoms with E-state index in [9.17, 15) is 20.4 Å². The minimum Gasteiger partial charge on any atom is -0.508 e. The van der Waals surface area contributed by atoms with E-state index >= 15 is 0 Å². The molecule has 0 radical (unpaired) electrons. The second kappa shape index (κ2) is 5.54. The normalized spacial score (nSPS) is 20.6. The van der Waals surface area contributed by atoms with Gasteiger partial charge in [0.25, 0.3) is 0 Å². The van der Waals surface area contributed by atoms with Gasteiger partial charge in [0.2, 0.25) is 0 Å². The lowest BCUT2D eigenvalue weighted by Gasteiger charge is -2.31. The molecule has 0 saturated heterocycles. The fraction of sp³-hybridized carbons (Fsp3) is 0.333. The molecular formula is C18H20O4. The van der Waals surface area contributed by atoms with E-state index in [0.29, 0.717) is 0 Å². The summed E-state index contributed by atoms with van der Waals surface area (Å²) in [4.78, 5) is 0. The van der Waals surface area contributed by atoms with Crippen LogP contribution in [0.1, 0.15) is 34.6 Å². The number of aromatic hydroxyl groups is 3. The van der Waals surface area contributed by atoms with E-state index in [-0.39, 0.29) is 35.7 Å². The summed E-state index contributed by atoms with van der Waals surface area (Å²) in [5, 5.41) is 38.8. The molecule has 4 N–H and O–H groups in total. The number of aliphatic hydroxyl groups excluding tert-OH is 1. The average Bonchev–Trinajstić information content (AvgIpc) is 2.50. The Morgan fingerprint density at radius 2 is 1.77 bits per heavy atom. The quantitative estimate of drug-likeness (QED) is 0.643. The van der Waals surface area contributed by atoms with Crippen LogP contribution in [0, 0.1) is 12.8 Å². The van der Waals surface area contributed by atoms with Gasteiger partial charge in [-0.2, -0.15) is 0 Å². The molecule has 0 aromatic heterocycles. The van der Waals surface area contributed by atoms with Crippen LogP contribution < -0.4 is 0 Å². The highest BCUT2D eigenvalue weighted by atomic mass is 16.3. The number of phenols is 3. The van der Waals surface area contributed by atoms with Crippen LogP contribution in [0.5, 0.6) is 17.2 Å². The fourth-order valence-corrected chi connectivity index (χ4v) is 3.34. The van der Waals surface area contributed by atoms with Crippen LogP contribution in [0.4, 0.5) is 0 Å². The van der Waals surface area contributed by atoms with Crippen molar-refractivity contribution in [2.75, 3.05) is 6.61 Å². The van der Waals surface area contributed by atoms with Gasteiger partial charge < -0.3 is 20.4 Å². The molecule has 1 aliphatic rings. The van der Waals surface area contributed by atoms with E-state index in [2.05, 4.69) is 0 Å². The third kappa shape index (κ3) is 2.50. The van der Waals surface area contributed by atoms with E-state index in [1.165, 1.54) is 6.07 Å². The predicted octanol–water partition coefficient (Wildman–Crippen LogP) is 2.80. The van der Waals surface area contributed by atoms with E-state index in [0.717, 1.165) is 35.1 Å². The van der Waals surface area contributed by atoms with Crippen LogP contribution in [0.25, 0.3) is 0 Å². The molecular weight excluding hydrogens is 280 g/mol. The summed E-state index contributed by atoms with van der Waals surface area (Å²) >= 11 is 0. The van der Waals surface area contributed by atoms with Gasteiger partial charge in [-0.05, 0) is 66.1 Å². The first kappa shape index (κ1) is 14.7. The first-order valence-electron chi connectivity index (χ1n) is 7.44. The van der Waals surface area contributed by atoms with Gasteiger partial charge in [-0.1, -0.05) is 12.1 Å². The van der Waals surface area contributed by atoms with Crippen molar-refractivity contribution < 1.29 is 20.4 Å². The molecule has 0 aliphatic heterocycles. The molecule has 2 aromatic rings. The number of hydrogen-bond donors (Lipinski definition) is 4. The van der Waals surface area contributed by atoms with Crippen LogP contribution in [0.3, 0.4) is 0 Å². The average molecular weight is 300 g/mol. The van der Waals surface area contributed by atoms with Crippen molar-refractivity contribution in [3.8, 4) is 17.2 Å². The highest BCUT2D eigenvalue weighted by molar-refractivity contribution is 5.50. The molecule has 0 heterocycles. The van der Waals surface area contributed by atoms with E-state index in [1.54, 1.807) is 18.2 Å². The van der Waals surface area contributed by atoms with Crippen LogP contribution in [-0.4, -0.2) is 27.0 Å². The molecule has 2 atom stereocenters. The molecule has 1 aliphatic carbocycles. The molecule has 4 nitrogen and oxygen atoms in total. The zero-order chi connectivity index (χ0) is 15.9. The third-order valence-electron chi connectivity index (χ3n) is 4.57. The maximum Gasteiger partial charge on any atom is 0.157 e. The Morgan fingerprint density at radius 1 is 1.00 bits per heavy atom. The summed E-state index contributed by atoms with van der Waals surface area (Å²) in [6, 6.07) is 8.56. The highest BCUT2D eigenvalue weighted by Crippen LogP contribution is 2.43. The van der Waals surface area contributed by atoms with Gasteiger partial charge in [-0.3, -0.25) is 0 Å². The maximum absolute atomic E-state index is 10.0. The molecule has 4 heteroatoms. The zero-order valence-corrected chi connectivity index (χ0v) is 12.5. The number of phenolic OH excluding ortho intramolecular Hbond substituents is 3. The van der Waals surface area contributed by atoms with E-state index in [1.807, 2.05) is 13.0 Å². The van der Waals surface area contributed by atoms with Gasteiger partial charge in [-0.25, -0.2) is 0 Å². The fourth-order valence-electron chi connectivity index (χ4n) is 3.34. The van der Waals surface area contributed by atoms with Crippen molar-refractivity contribution in [3.05, 3.63) is 52.6 Å². The summed E-state index contributed by atoms with van der Waals surface area (Å²) in [5.74, 6) is 0.0947. The summed E-state index contributed by atoms with van der Waals surface area (Å²) in [6.45, 7) is 1.97. The highest BCUT2D eigenvalue weighted by Gasteiger charge is 2.29. The molecule has 0 fully saturated rings. The summed E-state index contributed by atoms with van der Waals surface area (Å²) in [5.41, 5.74) is 3.85. The van der Waals surface area contributed by atoms with Gasteiger partial charge in [0.1, 0.15) is 5.75 Å². The summed E-state index contributed by atoms with van der Waals surface area (Å²) in [7, 11) is 0. The van der Waals surface area contributed by atoms with Crippen molar-refractivity contribution >= 4 is 0 Å². The lowest BCUT2D eigenvalue weighted by molar-refractivity contribution is 0.208. The Kier molecular flexibility index (Phi) is 3.71. The Bertz CT molecular complexity index is 708. The molecule has 2 aromatic carbocycles. The SMILES string of the molecule is Cc1cc2c(cc1O)C(c1ccc(O)c(O)c1)CC(CO)C2. The Hall–Kier alpha value is -2.20. The Labute approximate surface area is 129 Å². The van der Waals surface area contributed by atoms with Crippen LogP contribution in [0.2, 0.25) is 0 Å². The molecule has 22 heavy (non-hydrogen) atoms. The minimum absolute atomic E-state index is 0.0149. The summed E-state index contributed by atoms with van der Waals surface area (Å²) < 4.78 is 0. The topological polar surface area (TPSA) is 80.9 Å². The molecule has 116 valence electrons. The lowest BCUT2D eigenvalue weighted by atomic mass is 9.73. The number of hydrogen-bond acceptors (Lipinski definition) is 4. The lowest BCUT2D eigenvalue weighted by Crippen LogP contribution is -2.22. The molecule has 0 bridgehead atoms. The van der Waals surface area contributed by atoms with Crippen LogP contribution >= 0.6 is 0 Å². The number of fused-ring (bicyclic) bond motifs is 1. The van der Waals surface area contributed by atoms with Gasteiger partial charge in [-0.15, -0.1) is 0 Å². The van der Waals surface area contributed by atoms with Crippen molar-refractivity contribution in [1.29, 1.82) is 0 Å². The summed E-state index contributed by atoms with van der Waals surface area (Å²) in [6.07, 6.45) is 1.53. The van der Waals surface area contributed by atoms with Gasteiger partial charge in [0.15, 0.2) is 11.5 Å². The van der Waals surface area contributed by atoms with E-state index < -0.39 is 0 Å². The number of aliphatic hydroxyl groups is 1. The smallest absolute Gasteiger partial charge is 0.157 e. The number of rotatable bonds is 2. The first-order valence-corrected chi connectivity index (χ1v) is 7.44. The molecule has 3 rings (SSSR count). The van der Waals surface area contributed by atoms with Crippen LogP contribution in [0.15, 0.2) is 30.3 Å². The predicted molar refractivity (Wildman–Crippen MR) is 83.4 cm³/mol. The van der Waals surface area contributed by atoms with Gasteiger partial charge in [0.05, 0.1) is 0 Å². The monoisotopic (exact) mass is 300 g/mol. The molecule has 0 spiro atoms.